The lowest BCUT2D eigenvalue weighted by molar-refractivity contribution is -0.143. The number of halogens is 3. The van der Waals surface area contributed by atoms with Crippen molar-refractivity contribution in [3.05, 3.63) is 95.5 Å². The first-order valence-electron chi connectivity index (χ1n) is 8.77. The molecule has 0 aliphatic heterocycles. The smallest absolute Gasteiger partial charge is 0.433 e. The second kappa shape index (κ2) is 7.03. The molecule has 0 spiro atoms. The molecule has 0 saturated heterocycles. The number of nitrogens with zero attached hydrogens (tertiary/aromatic N) is 2. The number of furan rings is 1. The van der Waals surface area contributed by atoms with Gasteiger partial charge in [-0.3, -0.25) is 0 Å². The first kappa shape index (κ1) is 18.1. The zero-order valence-corrected chi connectivity index (χ0v) is 15.1. The summed E-state index contributed by atoms with van der Waals surface area (Å²) in [7, 11) is 0. The van der Waals surface area contributed by atoms with Crippen molar-refractivity contribution in [2.75, 3.05) is 0 Å². The number of aromatic nitrogens is 2. The van der Waals surface area contributed by atoms with Crippen LogP contribution in [-0.4, -0.2) is 9.78 Å². The maximum atomic E-state index is 13.3. The Labute approximate surface area is 160 Å². The summed E-state index contributed by atoms with van der Waals surface area (Å²) in [6.45, 7) is 1.40. The van der Waals surface area contributed by atoms with Crippen LogP contribution in [-0.2, 0) is 12.6 Å². The Bertz CT molecular complexity index is 1080. The third-order valence-electron chi connectivity index (χ3n) is 4.50. The van der Waals surface area contributed by atoms with Crippen LogP contribution in [0.25, 0.3) is 17.0 Å². The Balaban J connectivity index is 1.55. The summed E-state index contributed by atoms with van der Waals surface area (Å²) < 4.78 is 46.6. The summed E-state index contributed by atoms with van der Waals surface area (Å²) in [5.74, 6) is 1.58. The van der Waals surface area contributed by atoms with Crippen molar-refractivity contribution < 1.29 is 17.6 Å². The normalized spacial score (nSPS) is 11.7. The molecule has 0 fully saturated rings. The third-order valence-corrected chi connectivity index (χ3v) is 4.50. The van der Waals surface area contributed by atoms with E-state index in [4.69, 9.17) is 4.42 Å². The molecule has 0 N–H and O–H groups in total. The monoisotopic (exact) mass is 382 g/mol. The first-order valence-corrected chi connectivity index (χ1v) is 8.77. The molecule has 0 atom stereocenters. The molecule has 142 valence electrons. The molecule has 2 heterocycles. The van der Waals surface area contributed by atoms with Gasteiger partial charge in [0.05, 0.1) is 11.9 Å². The molecule has 0 aliphatic carbocycles. The molecule has 2 aromatic carbocycles. The largest absolute Gasteiger partial charge is 0.461 e. The van der Waals surface area contributed by atoms with Gasteiger partial charge in [-0.1, -0.05) is 42.5 Å². The maximum absolute atomic E-state index is 13.3. The minimum Gasteiger partial charge on any atom is -0.461 e. The highest BCUT2D eigenvalue weighted by molar-refractivity contribution is 5.57. The zero-order chi connectivity index (χ0) is 19.7. The van der Waals surface area contributed by atoms with Gasteiger partial charge < -0.3 is 4.42 Å². The highest BCUT2D eigenvalue weighted by Crippen LogP contribution is 2.33. The molecule has 4 aromatic rings. The van der Waals surface area contributed by atoms with Gasteiger partial charge >= 0.3 is 6.18 Å². The molecular formula is C22H17F3N2O. The summed E-state index contributed by atoms with van der Waals surface area (Å²) >= 11 is 0. The van der Waals surface area contributed by atoms with Gasteiger partial charge in [0, 0.05) is 12.0 Å². The number of aryl methyl sites for hydroxylation is 1. The van der Waals surface area contributed by atoms with Crippen molar-refractivity contribution in [1.29, 1.82) is 0 Å². The molecule has 0 unspecified atom stereocenters. The fourth-order valence-electron chi connectivity index (χ4n) is 3.16. The van der Waals surface area contributed by atoms with Crippen molar-refractivity contribution >= 4 is 0 Å². The van der Waals surface area contributed by atoms with Crippen molar-refractivity contribution in [2.45, 2.75) is 19.5 Å². The van der Waals surface area contributed by atoms with E-state index >= 15 is 0 Å². The fraction of sp³-hybridized carbons (Fsp3) is 0.136. The molecule has 6 heteroatoms. The van der Waals surface area contributed by atoms with Gasteiger partial charge in [-0.05, 0) is 42.3 Å². The minimum atomic E-state index is -4.46. The van der Waals surface area contributed by atoms with Crippen LogP contribution < -0.4 is 0 Å². The second-order valence-electron chi connectivity index (χ2n) is 6.56. The Hall–Kier alpha value is -3.28. The van der Waals surface area contributed by atoms with Crippen LogP contribution in [0.2, 0.25) is 0 Å². The second-order valence-corrected chi connectivity index (χ2v) is 6.56. The molecule has 0 radical (unpaired) electrons. The molecule has 4 rings (SSSR count). The van der Waals surface area contributed by atoms with Gasteiger partial charge in [-0.2, -0.15) is 18.3 Å². The van der Waals surface area contributed by atoms with E-state index in [1.807, 2.05) is 42.5 Å². The van der Waals surface area contributed by atoms with E-state index in [9.17, 15) is 13.2 Å². The van der Waals surface area contributed by atoms with E-state index in [-0.39, 0.29) is 5.56 Å². The summed E-state index contributed by atoms with van der Waals surface area (Å²) in [5, 5.41) is 3.88. The van der Waals surface area contributed by atoms with Crippen LogP contribution in [0.4, 0.5) is 13.2 Å². The Morgan fingerprint density at radius 3 is 2.32 bits per heavy atom. The predicted molar refractivity (Wildman–Crippen MR) is 100 cm³/mol. The van der Waals surface area contributed by atoms with Crippen molar-refractivity contribution in [3.8, 4) is 17.0 Å². The summed E-state index contributed by atoms with van der Waals surface area (Å²) in [5.41, 5.74) is 1.65. The summed E-state index contributed by atoms with van der Waals surface area (Å²) in [6, 6.07) is 20.5. The highest BCUT2D eigenvalue weighted by atomic mass is 19.4. The molecule has 3 nitrogen and oxygen atoms in total. The van der Waals surface area contributed by atoms with Gasteiger partial charge in [0.15, 0.2) is 5.69 Å². The number of hydrogen-bond donors (Lipinski definition) is 0. The van der Waals surface area contributed by atoms with Gasteiger partial charge in [0.25, 0.3) is 0 Å². The van der Waals surface area contributed by atoms with Crippen LogP contribution in [0.5, 0.6) is 0 Å². The van der Waals surface area contributed by atoms with Crippen LogP contribution in [0.1, 0.15) is 22.6 Å². The molecule has 0 saturated carbocycles. The molecule has 0 aliphatic rings. The van der Waals surface area contributed by atoms with Gasteiger partial charge in [-0.15, -0.1) is 0 Å². The quantitative estimate of drug-likeness (QED) is 0.430. The van der Waals surface area contributed by atoms with E-state index in [0.717, 1.165) is 27.3 Å². The number of alkyl halides is 3. The lowest BCUT2D eigenvalue weighted by Crippen LogP contribution is -2.14. The Morgan fingerprint density at radius 2 is 1.64 bits per heavy atom. The Kier molecular flexibility index (Phi) is 4.55. The lowest BCUT2D eigenvalue weighted by atomic mass is 10.1. The van der Waals surface area contributed by atoms with Crippen LogP contribution >= 0.6 is 0 Å². The van der Waals surface area contributed by atoms with E-state index in [1.165, 1.54) is 13.1 Å². The summed E-state index contributed by atoms with van der Waals surface area (Å²) in [4.78, 5) is 0. The molecule has 0 amide bonds. The zero-order valence-electron chi connectivity index (χ0n) is 15.1. The van der Waals surface area contributed by atoms with E-state index in [2.05, 4.69) is 5.10 Å². The summed E-state index contributed by atoms with van der Waals surface area (Å²) in [6.07, 6.45) is -2.68. The average molecular weight is 382 g/mol. The fourth-order valence-corrected chi connectivity index (χ4v) is 3.16. The number of rotatable bonds is 4. The van der Waals surface area contributed by atoms with Crippen molar-refractivity contribution in [1.82, 2.24) is 9.78 Å². The molecule has 0 bridgehead atoms. The van der Waals surface area contributed by atoms with E-state index in [0.29, 0.717) is 12.1 Å². The third kappa shape index (κ3) is 3.58. The van der Waals surface area contributed by atoms with Crippen molar-refractivity contribution in [2.24, 2.45) is 0 Å². The van der Waals surface area contributed by atoms with E-state index < -0.39 is 11.9 Å². The number of benzene rings is 2. The molecule has 2 aromatic heterocycles. The number of hydrogen-bond acceptors (Lipinski definition) is 2. The molecular weight excluding hydrogens is 365 g/mol. The van der Waals surface area contributed by atoms with Crippen LogP contribution in [0.15, 0.2) is 77.3 Å². The van der Waals surface area contributed by atoms with Gasteiger partial charge in [0.2, 0.25) is 0 Å². The predicted octanol–water partition coefficient (Wildman–Crippen LogP) is 6.05. The Morgan fingerprint density at radius 1 is 0.929 bits per heavy atom. The average Bonchev–Trinajstić information content (AvgIpc) is 3.29. The maximum Gasteiger partial charge on any atom is 0.433 e. The van der Waals surface area contributed by atoms with Crippen molar-refractivity contribution in [3.63, 3.8) is 0 Å². The standard InChI is InChI=1S/C22H17F3N2O/c1-15-14-26-27(21(15)22(23,24)25)18-9-7-16(8-10-18)13-19-11-12-20(28-19)17-5-3-2-4-6-17/h2-12,14H,13H2,1H3. The molecule has 28 heavy (non-hydrogen) atoms. The SMILES string of the molecule is Cc1cnn(-c2ccc(Cc3ccc(-c4ccccc4)o3)cc2)c1C(F)(F)F. The van der Waals surface area contributed by atoms with Crippen LogP contribution in [0.3, 0.4) is 0 Å². The van der Waals surface area contributed by atoms with Gasteiger partial charge in [-0.25, -0.2) is 4.68 Å². The highest BCUT2D eigenvalue weighted by Gasteiger charge is 2.37. The minimum absolute atomic E-state index is 0.0978. The van der Waals surface area contributed by atoms with Gasteiger partial charge in [0.1, 0.15) is 11.5 Å². The lowest BCUT2D eigenvalue weighted by Gasteiger charge is -2.12. The van der Waals surface area contributed by atoms with Crippen LogP contribution in [0, 0.1) is 6.92 Å². The topological polar surface area (TPSA) is 31.0 Å². The first-order chi connectivity index (χ1) is 13.4. The van der Waals surface area contributed by atoms with E-state index in [1.54, 1.807) is 24.3 Å².